The minimum Gasteiger partial charge on any atom is -0.357 e. The molecule has 2 rings (SSSR count). The first-order valence-electron chi connectivity index (χ1n) is 9.75. The first-order chi connectivity index (χ1) is 13.1. The van der Waals surface area contributed by atoms with E-state index in [0.29, 0.717) is 31.0 Å². The Bertz CT molecular complexity index is 654. The average Bonchev–Trinajstić information content (AvgIpc) is 3.22. The van der Waals surface area contributed by atoms with E-state index in [1.54, 1.807) is 13.1 Å². The standard InChI is InChI=1S/C20H31N5O2/c1-3-22-20(24-12-10-18(26)25-13-4-5-14-25)23-11-9-16-7-6-8-17(15-16)19(27)21-2/h6-8,15H,3-5,9-14H2,1-2H3,(H,21,27)(H2,22,23,24). The number of nitrogens with zero attached hydrogens (tertiary/aromatic N) is 2. The van der Waals surface area contributed by atoms with Crippen LogP contribution in [0.15, 0.2) is 29.3 Å². The summed E-state index contributed by atoms with van der Waals surface area (Å²) in [5.74, 6) is 0.828. The van der Waals surface area contributed by atoms with Crippen LogP contribution in [0.3, 0.4) is 0 Å². The van der Waals surface area contributed by atoms with Crippen LogP contribution in [0.5, 0.6) is 0 Å². The second-order valence-corrected chi connectivity index (χ2v) is 6.55. The predicted octanol–water partition coefficient (Wildman–Crippen LogP) is 1.16. The number of carbonyl (C=O) groups excluding carboxylic acids is 2. The van der Waals surface area contributed by atoms with Crippen LogP contribution >= 0.6 is 0 Å². The van der Waals surface area contributed by atoms with Crippen molar-refractivity contribution in [2.75, 3.05) is 39.8 Å². The Hall–Kier alpha value is -2.57. The molecule has 1 heterocycles. The molecule has 0 unspecified atom stereocenters. The molecule has 3 N–H and O–H groups in total. The zero-order valence-corrected chi connectivity index (χ0v) is 16.4. The van der Waals surface area contributed by atoms with E-state index in [-0.39, 0.29) is 11.8 Å². The normalized spacial score (nSPS) is 14.1. The number of amides is 2. The topological polar surface area (TPSA) is 85.8 Å². The lowest BCUT2D eigenvalue weighted by Gasteiger charge is -2.15. The molecule has 27 heavy (non-hydrogen) atoms. The maximum Gasteiger partial charge on any atom is 0.251 e. The van der Waals surface area contributed by atoms with Crippen molar-refractivity contribution in [2.24, 2.45) is 4.99 Å². The number of carbonyl (C=O) groups is 2. The second kappa shape index (κ2) is 11.2. The van der Waals surface area contributed by atoms with E-state index in [2.05, 4.69) is 20.9 Å². The van der Waals surface area contributed by atoms with Gasteiger partial charge in [-0.3, -0.25) is 14.6 Å². The number of benzene rings is 1. The quantitative estimate of drug-likeness (QED) is 0.471. The first-order valence-corrected chi connectivity index (χ1v) is 9.75. The van der Waals surface area contributed by atoms with Crippen molar-refractivity contribution in [3.05, 3.63) is 35.4 Å². The van der Waals surface area contributed by atoms with E-state index < -0.39 is 0 Å². The molecule has 7 nitrogen and oxygen atoms in total. The number of aliphatic imine (C=N–C) groups is 1. The molecule has 0 atom stereocenters. The van der Waals surface area contributed by atoms with Gasteiger partial charge in [-0.05, 0) is 43.9 Å². The molecule has 1 fully saturated rings. The van der Waals surface area contributed by atoms with Crippen molar-refractivity contribution in [3.8, 4) is 0 Å². The van der Waals surface area contributed by atoms with Gasteiger partial charge in [-0.25, -0.2) is 0 Å². The molecule has 1 aromatic carbocycles. The lowest BCUT2D eigenvalue weighted by atomic mass is 10.1. The lowest BCUT2D eigenvalue weighted by Crippen LogP contribution is -2.38. The molecule has 0 aromatic heterocycles. The molecule has 1 aliphatic rings. The summed E-state index contributed by atoms with van der Waals surface area (Å²) in [7, 11) is 1.63. The highest BCUT2D eigenvalue weighted by molar-refractivity contribution is 5.94. The average molecular weight is 374 g/mol. The van der Waals surface area contributed by atoms with Crippen LogP contribution in [0.2, 0.25) is 0 Å². The number of likely N-dealkylation sites (tertiary alicyclic amines) is 1. The van der Waals surface area contributed by atoms with E-state index in [1.165, 1.54) is 0 Å². The van der Waals surface area contributed by atoms with Gasteiger partial charge in [-0.15, -0.1) is 0 Å². The Labute approximate surface area is 161 Å². The zero-order valence-electron chi connectivity index (χ0n) is 16.4. The van der Waals surface area contributed by atoms with E-state index in [4.69, 9.17) is 0 Å². The summed E-state index contributed by atoms with van der Waals surface area (Å²) in [4.78, 5) is 30.2. The van der Waals surface area contributed by atoms with Crippen molar-refractivity contribution in [2.45, 2.75) is 32.6 Å². The summed E-state index contributed by atoms with van der Waals surface area (Å²) in [6.45, 7) is 5.73. The van der Waals surface area contributed by atoms with Crippen molar-refractivity contribution < 1.29 is 9.59 Å². The van der Waals surface area contributed by atoms with E-state index in [0.717, 1.165) is 44.5 Å². The molecule has 0 spiro atoms. The van der Waals surface area contributed by atoms with Gasteiger partial charge in [-0.2, -0.15) is 0 Å². The maximum atomic E-state index is 12.1. The van der Waals surface area contributed by atoms with Crippen LogP contribution in [0.1, 0.15) is 42.1 Å². The lowest BCUT2D eigenvalue weighted by molar-refractivity contribution is -0.129. The molecule has 1 aliphatic heterocycles. The number of hydrogen-bond donors (Lipinski definition) is 3. The Kier molecular flexibility index (Phi) is 8.61. The SMILES string of the molecule is CCNC(=NCCC(=O)N1CCCC1)NCCc1cccc(C(=O)NC)c1. The van der Waals surface area contributed by atoms with Crippen molar-refractivity contribution in [1.82, 2.24) is 20.9 Å². The fourth-order valence-electron chi connectivity index (χ4n) is 3.07. The van der Waals surface area contributed by atoms with E-state index >= 15 is 0 Å². The van der Waals surface area contributed by atoms with Crippen LogP contribution < -0.4 is 16.0 Å². The van der Waals surface area contributed by atoms with Crippen LogP contribution in [-0.4, -0.2) is 62.4 Å². The number of nitrogens with one attached hydrogen (secondary N) is 3. The maximum absolute atomic E-state index is 12.1. The summed E-state index contributed by atoms with van der Waals surface area (Å²) < 4.78 is 0. The fourth-order valence-corrected chi connectivity index (χ4v) is 3.07. The summed E-state index contributed by atoms with van der Waals surface area (Å²) in [5.41, 5.74) is 1.75. The largest absolute Gasteiger partial charge is 0.357 e. The van der Waals surface area contributed by atoms with Gasteiger partial charge in [0.25, 0.3) is 5.91 Å². The molecule has 0 radical (unpaired) electrons. The second-order valence-electron chi connectivity index (χ2n) is 6.55. The van der Waals surface area contributed by atoms with Crippen LogP contribution in [-0.2, 0) is 11.2 Å². The molecule has 0 saturated carbocycles. The van der Waals surface area contributed by atoms with Crippen molar-refractivity contribution in [1.29, 1.82) is 0 Å². The third-order valence-corrected chi connectivity index (χ3v) is 4.52. The van der Waals surface area contributed by atoms with Crippen LogP contribution in [0.25, 0.3) is 0 Å². The summed E-state index contributed by atoms with van der Waals surface area (Å²) in [5, 5.41) is 9.13. The van der Waals surface area contributed by atoms with Gasteiger partial charge >= 0.3 is 0 Å². The molecule has 2 amide bonds. The molecule has 1 aromatic rings. The Morgan fingerprint density at radius 3 is 2.67 bits per heavy atom. The zero-order chi connectivity index (χ0) is 19.5. The molecule has 0 aliphatic carbocycles. The van der Waals surface area contributed by atoms with Crippen LogP contribution in [0, 0.1) is 0 Å². The van der Waals surface area contributed by atoms with Gasteiger partial charge in [-0.1, -0.05) is 12.1 Å². The highest BCUT2D eigenvalue weighted by atomic mass is 16.2. The molecule has 148 valence electrons. The van der Waals surface area contributed by atoms with Gasteiger partial charge in [0.1, 0.15) is 0 Å². The highest BCUT2D eigenvalue weighted by Gasteiger charge is 2.16. The van der Waals surface area contributed by atoms with Gasteiger partial charge in [0.15, 0.2) is 5.96 Å². The fraction of sp³-hybridized carbons (Fsp3) is 0.550. The smallest absolute Gasteiger partial charge is 0.251 e. The first kappa shape index (κ1) is 20.7. The summed E-state index contributed by atoms with van der Waals surface area (Å²) >= 11 is 0. The van der Waals surface area contributed by atoms with Gasteiger partial charge in [0.05, 0.1) is 6.54 Å². The van der Waals surface area contributed by atoms with Crippen molar-refractivity contribution >= 4 is 17.8 Å². The van der Waals surface area contributed by atoms with Gasteiger partial charge in [0, 0.05) is 45.2 Å². The van der Waals surface area contributed by atoms with E-state index in [9.17, 15) is 9.59 Å². The number of hydrogen-bond acceptors (Lipinski definition) is 3. The molecule has 7 heteroatoms. The number of guanidine groups is 1. The third kappa shape index (κ3) is 6.92. The minimum atomic E-state index is -0.0811. The molecule has 1 saturated heterocycles. The Morgan fingerprint density at radius 1 is 1.19 bits per heavy atom. The monoisotopic (exact) mass is 373 g/mol. The Balaban J connectivity index is 1.79. The highest BCUT2D eigenvalue weighted by Crippen LogP contribution is 2.09. The minimum absolute atomic E-state index is 0.0811. The van der Waals surface area contributed by atoms with E-state index in [1.807, 2.05) is 30.0 Å². The predicted molar refractivity (Wildman–Crippen MR) is 108 cm³/mol. The summed E-state index contributed by atoms with van der Waals surface area (Å²) in [6.07, 6.45) is 3.45. The van der Waals surface area contributed by atoms with Gasteiger partial charge < -0.3 is 20.9 Å². The van der Waals surface area contributed by atoms with Gasteiger partial charge in [0.2, 0.25) is 5.91 Å². The number of rotatable bonds is 8. The Morgan fingerprint density at radius 2 is 1.96 bits per heavy atom. The summed E-state index contributed by atoms with van der Waals surface area (Å²) in [6, 6.07) is 7.61. The molecule has 0 bridgehead atoms. The van der Waals surface area contributed by atoms with Crippen molar-refractivity contribution in [3.63, 3.8) is 0 Å². The third-order valence-electron chi connectivity index (χ3n) is 4.52. The molecular formula is C20H31N5O2. The van der Waals surface area contributed by atoms with Crippen LogP contribution in [0.4, 0.5) is 0 Å². The molecular weight excluding hydrogens is 342 g/mol.